The molecule has 0 radical (unpaired) electrons. The fraction of sp³-hybridized carbons (Fsp3) is 0.125. The fourth-order valence-electron chi connectivity index (χ4n) is 0.982. The lowest BCUT2D eigenvalue weighted by Gasteiger charge is -1.97. The van der Waals surface area contributed by atoms with Gasteiger partial charge in [-0.25, -0.2) is 0 Å². The maximum atomic E-state index is 11.0. The average molecular weight is 178 g/mol. The van der Waals surface area contributed by atoms with Crippen molar-refractivity contribution in [1.82, 2.24) is 4.98 Å². The number of hydrogen-bond donors (Lipinski definition) is 1. The molecule has 0 saturated carbocycles. The number of terminal acetylenes is 1. The zero-order valence-corrected chi connectivity index (χ0v) is 6.83. The zero-order chi connectivity index (χ0) is 10.0. The molecule has 5 heteroatoms. The van der Waals surface area contributed by atoms with Crippen LogP contribution in [-0.4, -0.2) is 9.91 Å². The molecule has 0 saturated heterocycles. The van der Waals surface area contributed by atoms with Crippen molar-refractivity contribution in [2.75, 3.05) is 0 Å². The molecule has 0 unspecified atom stereocenters. The lowest BCUT2D eigenvalue weighted by Crippen LogP contribution is -2.13. The molecule has 1 aromatic heterocycles. The molecular weight excluding hydrogens is 172 g/mol. The monoisotopic (exact) mass is 178 g/mol. The van der Waals surface area contributed by atoms with Crippen LogP contribution in [0.15, 0.2) is 11.0 Å². The van der Waals surface area contributed by atoms with Gasteiger partial charge in [0.25, 0.3) is 0 Å². The number of aromatic amines is 1. The maximum absolute atomic E-state index is 11.0. The lowest BCUT2D eigenvalue weighted by molar-refractivity contribution is -0.386. The van der Waals surface area contributed by atoms with Crippen LogP contribution >= 0.6 is 0 Å². The Bertz CT molecular complexity index is 453. The summed E-state index contributed by atoms with van der Waals surface area (Å²) < 4.78 is 0. The highest BCUT2D eigenvalue weighted by Crippen LogP contribution is 2.13. The van der Waals surface area contributed by atoms with E-state index in [9.17, 15) is 14.9 Å². The normalized spacial score (nSPS) is 9.23. The molecule has 0 aliphatic carbocycles. The first kappa shape index (κ1) is 9.00. The van der Waals surface area contributed by atoms with Gasteiger partial charge in [-0.3, -0.25) is 14.9 Å². The molecule has 0 aliphatic heterocycles. The third-order valence-electron chi connectivity index (χ3n) is 1.66. The van der Waals surface area contributed by atoms with Crippen molar-refractivity contribution in [2.24, 2.45) is 0 Å². The van der Waals surface area contributed by atoms with Crippen LogP contribution in [0.3, 0.4) is 0 Å². The quantitative estimate of drug-likeness (QED) is 0.388. The second kappa shape index (κ2) is 3.11. The number of rotatable bonds is 1. The van der Waals surface area contributed by atoms with E-state index in [0.717, 1.165) is 0 Å². The van der Waals surface area contributed by atoms with E-state index in [-0.39, 0.29) is 5.56 Å². The Labute approximate surface area is 73.6 Å². The Morgan fingerprint density at radius 1 is 1.69 bits per heavy atom. The predicted molar refractivity (Wildman–Crippen MR) is 46.4 cm³/mol. The first-order valence-electron chi connectivity index (χ1n) is 3.41. The van der Waals surface area contributed by atoms with E-state index in [1.54, 1.807) is 0 Å². The summed E-state index contributed by atoms with van der Waals surface area (Å²) in [6.07, 6.45) is 6.36. The van der Waals surface area contributed by atoms with E-state index in [1.807, 2.05) is 0 Å². The van der Waals surface area contributed by atoms with E-state index < -0.39 is 16.2 Å². The third kappa shape index (κ3) is 1.42. The van der Waals surface area contributed by atoms with Crippen molar-refractivity contribution in [3.05, 3.63) is 37.8 Å². The minimum absolute atomic E-state index is 0.219. The highest BCUT2D eigenvalue weighted by Gasteiger charge is 2.17. The molecule has 0 bridgehead atoms. The van der Waals surface area contributed by atoms with Crippen LogP contribution in [0.1, 0.15) is 11.1 Å². The number of aromatic nitrogens is 1. The van der Waals surface area contributed by atoms with Crippen LogP contribution in [0.5, 0.6) is 0 Å². The number of nitrogens with one attached hydrogen (secondary N) is 1. The molecule has 5 nitrogen and oxygen atoms in total. The van der Waals surface area contributed by atoms with Crippen LogP contribution in [0, 0.1) is 29.4 Å². The van der Waals surface area contributed by atoms with Crippen LogP contribution in [0.25, 0.3) is 0 Å². The minimum atomic E-state index is -0.741. The predicted octanol–water partition coefficient (Wildman–Crippen LogP) is 0.573. The molecule has 0 amide bonds. The summed E-state index contributed by atoms with van der Waals surface area (Å²) >= 11 is 0. The van der Waals surface area contributed by atoms with E-state index in [4.69, 9.17) is 6.42 Å². The molecular formula is C8H6N2O3. The van der Waals surface area contributed by atoms with Crippen LogP contribution in [0.4, 0.5) is 5.69 Å². The Hall–Kier alpha value is -2.09. The molecule has 1 N–H and O–H groups in total. The molecule has 0 spiro atoms. The van der Waals surface area contributed by atoms with Gasteiger partial charge in [-0.1, -0.05) is 5.92 Å². The van der Waals surface area contributed by atoms with E-state index in [1.165, 1.54) is 13.1 Å². The Morgan fingerprint density at radius 2 is 2.31 bits per heavy atom. The van der Waals surface area contributed by atoms with Crippen molar-refractivity contribution in [1.29, 1.82) is 0 Å². The van der Waals surface area contributed by atoms with Gasteiger partial charge in [0, 0.05) is 11.8 Å². The van der Waals surface area contributed by atoms with Gasteiger partial charge in [-0.2, -0.15) is 0 Å². The molecule has 1 aromatic rings. The number of nitrogens with zero attached hydrogens (tertiary/aromatic N) is 1. The molecule has 0 aliphatic rings. The number of nitro groups is 1. The summed E-state index contributed by atoms with van der Waals surface area (Å²) in [6, 6.07) is 0. The van der Waals surface area contributed by atoms with Crippen molar-refractivity contribution >= 4 is 5.69 Å². The van der Waals surface area contributed by atoms with Crippen molar-refractivity contribution < 1.29 is 4.92 Å². The summed E-state index contributed by atoms with van der Waals surface area (Å²) in [4.78, 5) is 22.9. The van der Waals surface area contributed by atoms with Crippen LogP contribution < -0.4 is 5.56 Å². The van der Waals surface area contributed by atoms with Gasteiger partial charge >= 0.3 is 11.2 Å². The third-order valence-corrected chi connectivity index (χ3v) is 1.66. The van der Waals surface area contributed by atoms with Crippen molar-refractivity contribution in [3.8, 4) is 12.3 Å². The second-order valence-corrected chi connectivity index (χ2v) is 2.41. The van der Waals surface area contributed by atoms with Crippen molar-refractivity contribution in [3.63, 3.8) is 0 Å². The Balaban J connectivity index is 3.60. The van der Waals surface area contributed by atoms with Gasteiger partial charge in [0.05, 0.1) is 10.5 Å². The molecule has 0 aromatic carbocycles. The average Bonchev–Trinajstić information content (AvgIpc) is 2.04. The second-order valence-electron chi connectivity index (χ2n) is 2.41. The lowest BCUT2D eigenvalue weighted by atomic mass is 10.1. The van der Waals surface area contributed by atoms with Gasteiger partial charge in [0.1, 0.15) is 0 Å². The summed E-state index contributed by atoms with van der Waals surface area (Å²) in [5, 5.41) is 10.4. The van der Waals surface area contributed by atoms with E-state index in [0.29, 0.717) is 5.56 Å². The molecule has 0 atom stereocenters. The van der Waals surface area contributed by atoms with E-state index >= 15 is 0 Å². The SMILES string of the molecule is C#Cc1c[nH]c(=O)c([N+](=O)[O-])c1C. The zero-order valence-electron chi connectivity index (χ0n) is 6.83. The van der Waals surface area contributed by atoms with Gasteiger partial charge < -0.3 is 4.98 Å². The van der Waals surface area contributed by atoms with Gasteiger partial charge in [-0.15, -0.1) is 6.42 Å². The standard InChI is InChI=1S/C8H6N2O3/c1-3-6-4-9-8(11)7(5(6)2)10(12)13/h1,4H,2H3,(H,9,11). The minimum Gasteiger partial charge on any atom is -0.322 e. The van der Waals surface area contributed by atoms with Crippen molar-refractivity contribution in [2.45, 2.75) is 6.92 Å². The Kier molecular flexibility index (Phi) is 2.15. The molecule has 0 fully saturated rings. The number of hydrogen-bond acceptors (Lipinski definition) is 3. The first-order valence-corrected chi connectivity index (χ1v) is 3.41. The molecule has 1 heterocycles. The molecule has 13 heavy (non-hydrogen) atoms. The smallest absolute Gasteiger partial charge is 0.322 e. The Morgan fingerprint density at radius 3 is 2.77 bits per heavy atom. The summed E-state index contributed by atoms with van der Waals surface area (Å²) in [7, 11) is 0. The van der Waals surface area contributed by atoms with Gasteiger partial charge in [-0.05, 0) is 6.92 Å². The summed E-state index contributed by atoms with van der Waals surface area (Å²) in [5.74, 6) is 2.24. The topological polar surface area (TPSA) is 76.0 Å². The number of H-pyrrole nitrogens is 1. The highest BCUT2D eigenvalue weighted by molar-refractivity contribution is 5.48. The van der Waals surface area contributed by atoms with Gasteiger partial charge in [0.2, 0.25) is 0 Å². The summed E-state index contributed by atoms with van der Waals surface area (Å²) in [6.45, 7) is 1.45. The fourth-order valence-corrected chi connectivity index (χ4v) is 0.982. The van der Waals surface area contributed by atoms with Crippen LogP contribution in [-0.2, 0) is 0 Å². The maximum Gasteiger partial charge on any atom is 0.337 e. The highest BCUT2D eigenvalue weighted by atomic mass is 16.6. The number of pyridine rings is 1. The first-order chi connectivity index (χ1) is 6.07. The van der Waals surface area contributed by atoms with E-state index in [2.05, 4.69) is 10.9 Å². The summed E-state index contributed by atoms with van der Waals surface area (Å²) in [5.41, 5.74) is -0.681. The van der Waals surface area contributed by atoms with Crippen LogP contribution in [0.2, 0.25) is 0 Å². The van der Waals surface area contributed by atoms with Gasteiger partial charge in [0.15, 0.2) is 0 Å². The largest absolute Gasteiger partial charge is 0.337 e. The molecule has 1 rings (SSSR count). The molecule has 66 valence electrons.